The number of para-hydroxylation sites is 1. The minimum absolute atomic E-state index is 0.153. The molecule has 0 radical (unpaired) electrons. The number of allylic oxidation sites excluding steroid dienone is 1. The van der Waals surface area contributed by atoms with E-state index < -0.39 is 0 Å². The molecule has 3 N–H and O–H groups in total. The summed E-state index contributed by atoms with van der Waals surface area (Å²) < 4.78 is 5.20. The molecule has 0 fully saturated rings. The Labute approximate surface area is 190 Å². The van der Waals surface area contributed by atoms with Crippen LogP contribution >= 0.6 is 0 Å². The van der Waals surface area contributed by atoms with Gasteiger partial charge in [-0.2, -0.15) is 0 Å². The molecule has 0 bridgehead atoms. The van der Waals surface area contributed by atoms with Gasteiger partial charge in [0.05, 0.1) is 6.04 Å². The number of benzene rings is 2. The summed E-state index contributed by atoms with van der Waals surface area (Å²) in [6.07, 6.45) is 2.98. The van der Waals surface area contributed by atoms with E-state index in [1.54, 1.807) is 0 Å². The molecule has 0 saturated heterocycles. The number of hydrazine groups is 1. The molecule has 32 heavy (non-hydrogen) atoms. The average Bonchev–Trinajstić information content (AvgIpc) is 3.40. The highest BCUT2D eigenvalue weighted by Gasteiger charge is 2.18. The lowest BCUT2D eigenvalue weighted by Crippen LogP contribution is -2.35. The van der Waals surface area contributed by atoms with E-state index in [9.17, 15) is 0 Å². The molecular weight excluding hydrogens is 396 g/mol. The van der Waals surface area contributed by atoms with Gasteiger partial charge in [-0.25, -0.2) is 5.43 Å². The number of anilines is 1. The van der Waals surface area contributed by atoms with Crippen LogP contribution in [0.15, 0.2) is 89.7 Å². The molecule has 5 heteroatoms. The van der Waals surface area contributed by atoms with E-state index >= 15 is 0 Å². The van der Waals surface area contributed by atoms with E-state index in [-0.39, 0.29) is 6.04 Å². The van der Waals surface area contributed by atoms with Gasteiger partial charge < -0.3 is 15.3 Å². The summed E-state index contributed by atoms with van der Waals surface area (Å²) in [5.74, 6) is 0.821. The Morgan fingerprint density at radius 2 is 1.75 bits per heavy atom. The van der Waals surface area contributed by atoms with Crippen molar-refractivity contribution in [2.75, 3.05) is 5.32 Å². The van der Waals surface area contributed by atoms with Crippen molar-refractivity contribution in [3.8, 4) is 11.3 Å². The van der Waals surface area contributed by atoms with Crippen LogP contribution in [0.2, 0.25) is 0 Å². The zero-order valence-corrected chi connectivity index (χ0v) is 19.3. The molecule has 0 spiro atoms. The molecular formula is C27H32N4O. The van der Waals surface area contributed by atoms with Crippen molar-refractivity contribution < 1.29 is 4.52 Å². The monoisotopic (exact) mass is 428 g/mol. The number of rotatable bonds is 6. The van der Waals surface area contributed by atoms with Crippen LogP contribution in [0.3, 0.4) is 0 Å². The van der Waals surface area contributed by atoms with Crippen molar-refractivity contribution in [3.63, 3.8) is 0 Å². The molecule has 166 valence electrons. The highest BCUT2D eigenvalue weighted by molar-refractivity contribution is 5.77. The van der Waals surface area contributed by atoms with E-state index in [4.69, 9.17) is 4.52 Å². The molecule has 3 aromatic rings. The Bertz CT molecular complexity index is 1110. The van der Waals surface area contributed by atoms with Crippen LogP contribution in [-0.4, -0.2) is 11.2 Å². The third-order valence-corrected chi connectivity index (χ3v) is 5.36. The van der Waals surface area contributed by atoms with Gasteiger partial charge in [0.1, 0.15) is 11.5 Å². The second kappa shape index (κ2) is 10.6. The van der Waals surface area contributed by atoms with Gasteiger partial charge in [-0.15, -0.1) is 0 Å². The zero-order valence-electron chi connectivity index (χ0n) is 19.3. The molecule has 1 atom stereocenters. The quantitative estimate of drug-likeness (QED) is 0.434. The maximum Gasteiger partial charge on any atom is 0.141 e. The highest BCUT2D eigenvalue weighted by atomic mass is 16.5. The van der Waals surface area contributed by atoms with Gasteiger partial charge in [-0.05, 0) is 50.0 Å². The first-order chi connectivity index (χ1) is 15.4. The maximum absolute atomic E-state index is 5.20. The number of hydrogen-bond donors (Lipinski definition) is 3. The van der Waals surface area contributed by atoms with Gasteiger partial charge in [-0.1, -0.05) is 73.8 Å². The summed E-state index contributed by atoms with van der Waals surface area (Å²) in [4.78, 5) is 0. The normalized spacial score (nSPS) is 14.6. The number of hydrogen-bond acceptors (Lipinski definition) is 5. The largest absolute Gasteiger partial charge is 0.360 e. The summed E-state index contributed by atoms with van der Waals surface area (Å²) in [6, 6.07) is 18.5. The van der Waals surface area contributed by atoms with E-state index in [0.717, 1.165) is 46.0 Å². The van der Waals surface area contributed by atoms with Crippen LogP contribution in [-0.2, 0) is 6.42 Å². The van der Waals surface area contributed by atoms with E-state index in [0.29, 0.717) is 0 Å². The number of aromatic nitrogens is 1. The summed E-state index contributed by atoms with van der Waals surface area (Å²) in [6.45, 7) is 16.2. The first-order valence-corrected chi connectivity index (χ1v) is 10.8. The molecule has 2 heterocycles. The van der Waals surface area contributed by atoms with Crippen molar-refractivity contribution in [1.82, 2.24) is 16.0 Å². The van der Waals surface area contributed by atoms with Crippen molar-refractivity contribution in [3.05, 3.63) is 102 Å². The number of aryl methyl sites for hydroxylation is 2. The smallest absolute Gasteiger partial charge is 0.141 e. The fourth-order valence-corrected chi connectivity index (χ4v) is 3.66. The highest BCUT2D eigenvalue weighted by Crippen LogP contribution is 2.29. The van der Waals surface area contributed by atoms with Crippen LogP contribution < -0.4 is 16.2 Å². The fourth-order valence-electron chi connectivity index (χ4n) is 3.66. The van der Waals surface area contributed by atoms with Gasteiger partial charge in [-0.3, -0.25) is 0 Å². The zero-order chi connectivity index (χ0) is 23.1. The second-order valence-electron chi connectivity index (χ2n) is 7.88. The predicted octanol–water partition coefficient (Wildman–Crippen LogP) is 6.24. The van der Waals surface area contributed by atoms with E-state index in [2.05, 4.69) is 66.5 Å². The van der Waals surface area contributed by atoms with Gasteiger partial charge in [0, 0.05) is 28.7 Å². The lowest BCUT2D eigenvalue weighted by atomic mass is 10.0. The minimum atomic E-state index is 0.153. The fraction of sp³-hybridized carbons (Fsp3) is 0.222. The Kier molecular flexibility index (Phi) is 7.68. The van der Waals surface area contributed by atoms with Crippen LogP contribution in [0, 0.1) is 6.92 Å². The third-order valence-electron chi connectivity index (χ3n) is 5.36. The van der Waals surface area contributed by atoms with Crippen molar-refractivity contribution in [2.24, 2.45) is 0 Å². The van der Waals surface area contributed by atoms with Gasteiger partial charge >= 0.3 is 0 Å². The summed E-state index contributed by atoms with van der Waals surface area (Å²) in [5, 5.41) is 7.47. The third kappa shape index (κ3) is 5.37. The predicted molar refractivity (Wildman–Crippen MR) is 134 cm³/mol. The van der Waals surface area contributed by atoms with Crippen LogP contribution in [0.4, 0.5) is 5.69 Å². The van der Waals surface area contributed by atoms with E-state index in [1.807, 2.05) is 56.4 Å². The molecule has 1 aliphatic rings. The Morgan fingerprint density at radius 3 is 2.38 bits per heavy atom. The molecule has 1 aromatic heterocycles. The van der Waals surface area contributed by atoms with Crippen LogP contribution in [0.5, 0.6) is 0 Å². The molecule has 0 saturated carbocycles. The van der Waals surface area contributed by atoms with Crippen LogP contribution in [0.1, 0.15) is 37.7 Å². The Morgan fingerprint density at radius 1 is 1.06 bits per heavy atom. The Balaban J connectivity index is 0.000000182. The van der Waals surface area contributed by atoms with Gasteiger partial charge in [0.2, 0.25) is 0 Å². The van der Waals surface area contributed by atoms with E-state index in [1.165, 1.54) is 11.1 Å². The molecule has 1 unspecified atom stereocenters. The van der Waals surface area contributed by atoms with Crippen molar-refractivity contribution >= 4 is 11.3 Å². The molecule has 0 aliphatic carbocycles. The standard InChI is InChI=1S/C14H19N3.C13H13NO/c1-4-12-7-5-6-8-13(12)16-11(3)14-10(2)9-15-17-14;1-9(2)12-10(3)15-14-13(12)11-7-5-4-6-8-11/h5-9,14-17H,3-4H2,1-2H3;4-8H,1H2,2-3H3. The molecule has 1 aliphatic heterocycles. The SMILES string of the molecule is C=C(C)c1c(-c2ccccc2)noc1C.C=C(Nc1ccccc1CC)C1NNC=C1C. The second-order valence-corrected chi connectivity index (χ2v) is 7.88. The van der Waals surface area contributed by atoms with Crippen molar-refractivity contribution in [2.45, 2.75) is 40.2 Å². The lowest BCUT2D eigenvalue weighted by Gasteiger charge is -2.19. The van der Waals surface area contributed by atoms with Crippen molar-refractivity contribution in [1.29, 1.82) is 0 Å². The summed E-state index contributed by atoms with van der Waals surface area (Å²) in [7, 11) is 0. The molecule has 5 nitrogen and oxygen atoms in total. The topological polar surface area (TPSA) is 62.1 Å². The number of nitrogens with zero attached hydrogens (tertiary/aromatic N) is 1. The van der Waals surface area contributed by atoms with Gasteiger partial charge in [0.15, 0.2) is 0 Å². The lowest BCUT2D eigenvalue weighted by molar-refractivity contribution is 0.399. The summed E-state index contributed by atoms with van der Waals surface area (Å²) in [5.41, 5.74) is 14.7. The average molecular weight is 429 g/mol. The maximum atomic E-state index is 5.20. The van der Waals surface area contributed by atoms with Crippen LogP contribution in [0.25, 0.3) is 16.8 Å². The van der Waals surface area contributed by atoms with Gasteiger partial charge in [0.25, 0.3) is 0 Å². The minimum Gasteiger partial charge on any atom is -0.360 e. The molecule has 4 rings (SSSR count). The first kappa shape index (κ1) is 23.1. The number of nitrogens with one attached hydrogen (secondary N) is 3. The Hall–Kier alpha value is -3.57. The molecule has 0 amide bonds. The molecule has 2 aromatic carbocycles. The first-order valence-electron chi connectivity index (χ1n) is 10.8. The summed E-state index contributed by atoms with van der Waals surface area (Å²) >= 11 is 0.